The summed E-state index contributed by atoms with van der Waals surface area (Å²) in [6.07, 6.45) is 6.30. The molecule has 2 amide bonds. The number of ether oxygens (including phenoxy) is 2. The van der Waals surface area contributed by atoms with E-state index in [2.05, 4.69) is 15.3 Å². The minimum absolute atomic E-state index is 0.0327. The van der Waals surface area contributed by atoms with E-state index in [0.29, 0.717) is 36.2 Å². The zero-order chi connectivity index (χ0) is 21.5. The lowest BCUT2D eigenvalue weighted by Crippen LogP contribution is -2.70. The van der Waals surface area contributed by atoms with Crippen molar-refractivity contribution in [1.29, 1.82) is 0 Å². The summed E-state index contributed by atoms with van der Waals surface area (Å²) in [5, 5.41) is 3.78. The van der Waals surface area contributed by atoms with Crippen LogP contribution in [0.1, 0.15) is 42.3 Å². The van der Waals surface area contributed by atoms with Crippen LogP contribution in [-0.4, -0.2) is 70.2 Å². The Morgan fingerprint density at radius 2 is 2.00 bits per heavy atom. The fourth-order valence-electron chi connectivity index (χ4n) is 4.66. The van der Waals surface area contributed by atoms with E-state index >= 15 is 0 Å². The van der Waals surface area contributed by atoms with Gasteiger partial charge >= 0.3 is 0 Å². The smallest absolute Gasteiger partial charge is 0.263 e. The Morgan fingerprint density at radius 3 is 2.74 bits per heavy atom. The number of likely N-dealkylation sites (tertiary alicyclic amines) is 1. The van der Waals surface area contributed by atoms with Crippen molar-refractivity contribution in [3.05, 3.63) is 35.5 Å². The monoisotopic (exact) mass is 442 g/mol. The van der Waals surface area contributed by atoms with Crippen molar-refractivity contribution in [2.24, 2.45) is 0 Å². The molecular formula is C22H26N4O4S. The molecule has 3 saturated heterocycles. The Bertz CT molecular complexity index is 967. The molecule has 8 nitrogen and oxygen atoms in total. The van der Waals surface area contributed by atoms with E-state index in [0.717, 1.165) is 31.4 Å². The lowest BCUT2D eigenvalue weighted by Gasteiger charge is -2.49. The molecule has 9 heteroatoms. The van der Waals surface area contributed by atoms with Crippen molar-refractivity contribution in [1.82, 2.24) is 20.2 Å². The van der Waals surface area contributed by atoms with Gasteiger partial charge in [-0.25, -0.2) is 4.98 Å². The Morgan fingerprint density at radius 1 is 1.19 bits per heavy atom. The second-order valence-electron chi connectivity index (χ2n) is 8.89. The van der Waals surface area contributed by atoms with Crippen LogP contribution in [0.3, 0.4) is 0 Å². The summed E-state index contributed by atoms with van der Waals surface area (Å²) in [5.41, 5.74) is 0.118. The maximum atomic E-state index is 12.9. The lowest BCUT2D eigenvalue weighted by molar-refractivity contribution is -0.161. The summed E-state index contributed by atoms with van der Waals surface area (Å²) >= 11 is 1.31. The van der Waals surface area contributed by atoms with Crippen LogP contribution in [0.5, 0.6) is 0 Å². The number of nitrogens with one attached hydrogen (secondary N) is 1. The minimum Gasteiger partial charge on any atom is -0.381 e. The molecule has 2 aromatic heterocycles. The summed E-state index contributed by atoms with van der Waals surface area (Å²) in [4.78, 5) is 36.6. The molecule has 3 aliphatic heterocycles. The van der Waals surface area contributed by atoms with E-state index in [4.69, 9.17) is 9.47 Å². The highest BCUT2D eigenvalue weighted by molar-refractivity contribution is 7.16. The van der Waals surface area contributed by atoms with Crippen molar-refractivity contribution in [3.63, 3.8) is 0 Å². The predicted molar refractivity (Wildman–Crippen MR) is 115 cm³/mol. The van der Waals surface area contributed by atoms with Gasteiger partial charge < -0.3 is 19.7 Å². The molecule has 1 spiro atoms. The fraction of sp³-hybridized carbons (Fsp3) is 0.545. The molecule has 1 N–H and O–H groups in total. The van der Waals surface area contributed by atoms with Crippen molar-refractivity contribution in [3.8, 4) is 10.7 Å². The maximum absolute atomic E-state index is 12.9. The molecule has 0 aromatic carbocycles. The predicted octanol–water partition coefficient (Wildman–Crippen LogP) is 2.26. The van der Waals surface area contributed by atoms with Crippen molar-refractivity contribution >= 4 is 23.2 Å². The van der Waals surface area contributed by atoms with Crippen LogP contribution in [0.2, 0.25) is 0 Å². The van der Waals surface area contributed by atoms with Crippen molar-refractivity contribution < 1.29 is 19.1 Å². The third-order valence-electron chi connectivity index (χ3n) is 6.35. The number of amides is 2. The highest BCUT2D eigenvalue weighted by Crippen LogP contribution is 2.39. The van der Waals surface area contributed by atoms with Gasteiger partial charge in [-0.15, -0.1) is 11.3 Å². The standard InChI is InChI=1S/C22H26N4O4S/c1-21(25-18(27)17-12-24-19(31-17)15-4-2-3-9-23-15)13-26(14-21)20(28)16-5-6-22(30-16)7-10-29-11-8-22/h2-4,9,12,16H,5-8,10-11,13-14H2,1H3,(H,25,27). The number of carbonyl (C=O) groups is 2. The first-order valence-electron chi connectivity index (χ1n) is 10.7. The number of hydrogen-bond acceptors (Lipinski definition) is 7. The van der Waals surface area contributed by atoms with Crippen LogP contribution in [0.15, 0.2) is 30.6 Å². The second-order valence-corrected chi connectivity index (χ2v) is 9.92. The Balaban J connectivity index is 1.15. The second kappa shape index (κ2) is 7.96. The highest BCUT2D eigenvalue weighted by atomic mass is 32.1. The first-order valence-corrected chi connectivity index (χ1v) is 11.5. The zero-order valence-electron chi connectivity index (χ0n) is 17.5. The van der Waals surface area contributed by atoms with Gasteiger partial charge in [0.1, 0.15) is 16.0 Å². The topological polar surface area (TPSA) is 93.7 Å². The van der Waals surface area contributed by atoms with Crippen molar-refractivity contribution in [2.45, 2.75) is 49.9 Å². The Hall–Kier alpha value is -2.36. The molecule has 5 heterocycles. The van der Waals surface area contributed by atoms with Crippen LogP contribution in [0, 0.1) is 0 Å². The van der Waals surface area contributed by atoms with Crippen LogP contribution in [0.25, 0.3) is 10.7 Å². The van der Waals surface area contributed by atoms with E-state index in [1.54, 1.807) is 17.3 Å². The minimum atomic E-state index is -0.448. The molecule has 0 aliphatic carbocycles. The van der Waals surface area contributed by atoms with E-state index in [1.807, 2.05) is 25.1 Å². The van der Waals surface area contributed by atoms with Gasteiger partial charge in [0.05, 0.1) is 23.0 Å². The molecule has 5 rings (SSSR count). The molecule has 1 atom stereocenters. The number of thiazole rings is 1. The highest BCUT2D eigenvalue weighted by Gasteiger charge is 2.49. The summed E-state index contributed by atoms with van der Waals surface area (Å²) in [6, 6.07) is 5.60. The van der Waals surface area contributed by atoms with Crippen LogP contribution < -0.4 is 5.32 Å². The number of nitrogens with zero attached hydrogens (tertiary/aromatic N) is 3. The van der Waals surface area contributed by atoms with Gasteiger partial charge in [-0.1, -0.05) is 6.07 Å². The molecule has 0 saturated carbocycles. The molecule has 31 heavy (non-hydrogen) atoms. The number of hydrogen-bond donors (Lipinski definition) is 1. The summed E-state index contributed by atoms with van der Waals surface area (Å²) in [5.74, 6) is -0.141. The summed E-state index contributed by atoms with van der Waals surface area (Å²) in [6.45, 7) is 4.34. The van der Waals surface area contributed by atoms with E-state index in [-0.39, 0.29) is 23.5 Å². The molecule has 3 fully saturated rings. The number of pyridine rings is 1. The quantitative estimate of drug-likeness (QED) is 0.781. The van der Waals surface area contributed by atoms with Gasteiger partial charge in [0.2, 0.25) is 0 Å². The fourth-order valence-corrected chi connectivity index (χ4v) is 5.44. The Labute approximate surface area is 185 Å². The average molecular weight is 443 g/mol. The third kappa shape index (κ3) is 4.09. The zero-order valence-corrected chi connectivity index (χ0v) is 18.3. The molecular weight excluding hydrogens is 416 g/mol. The summed E-state index contributed by atoms with van der Waals surface area (Å²) in [7, 11) is 0. The maximum Gasteiger partial charge on any atom is 0.263 e. The lowest BCUT2D eigenvalue weighted by atomic mass is 9.90. The third-order valence-corrected chi connectivity index (χ3v) is 7.37. The number of carbonyl (C=O) groups excluding carboxylic acids is 2. The average Bonchev–Trinajstić information content (AvgIpc) is 3.41. The van der Waals surface area contributed by atoms with Gasteiger partial charge in [-0.2, -0.15) is 0 Å². The van der Waals surface area contributed by atoms with Gasteiger partial charge in [0, 0.05) is 32.5 Å². The molecule has 164 valence electrons. The molecule has 2 aromatic rings. The summed E-state index contributed by atoms with van der Waals surface area (Å²) < 4.78 is 11.6. The molecule has 0 bridgehead atoms. The van der Waals surface area contributed by atoms with Crippen LogP contribution in [0.4, 0.5) is 0 Å². The largest absolute Gasteiger partial charge is 0.381 e. The first-order chi connectivity index (χ1) is 15.0. The number of aromatic nitrogens is 2. The van der Waals surface area contributed by atoms with Crippen LogP contribution >= 0.6 is 11.3 Å². The van der Waals surface area contributed by atoms with Crippen LogP contribution in [-0.2, 0) is 14.3 Å². The SMILES string of the molecule is CC1(NC(=O)c2cnc(-c3ccccn3)s2)CN(C(=O)C2CCC3(CCOCC3)O2)C1. The molecule has 0 radical (unpaired) electrons. The van der Waals surface area contributed by atoms with E-state index < -0.39 is 5.54 Å². The van der Waals surface area contributed by atoms with E-state index in [1.165, 1.54) is 11.3 Å². The number of rotatable bonds is 4. The van der Waals surface area contributed by atoms with Gasteiger partial charge in [0.25, 0.3) is 11.8 Å². The van der Waals surface area contributed by atoms with Gasteiger partial charge in [-0.3, -0.25) is 14.6 Å². The Kier molecular flexibility index (Phi) is 5.27. The van der Waals surface area contributed by atoms with Gasteiger partial charge in [-0.05, 0) is 44.7 Å². The van der Waals surface area contributed by atoms with Crippen molar-refractivity contribution in [2.75, 3.05) is 26.3 Å². The van der Waals surface area contributed by atoms with E-state index in [9.17, 15) is 9.59 Å². The molecule has 3 aliphatic rings. The van der Waals surface area contributed by atoms with Gasteiger partial charge in [0.15, 0.2) is 0 Å². The normalized spacial score (nSPS) is 24.0. The molecule has 1 unspecified atom stereocenters. The first kappa shape index (κ1) is 20.5.